The fourth-order valence-corrected chi connectivity index (χ4v) is 3.38. The van der Waals surface area contributed by atoms with Gasteiger partial charge in [0.05, 0.1) is 17.6 Å². The van der Waals surface area contributed by atoms with Crippen molar-refractivity contribution in [1.82, 2.24) is 5.06 Å². The predicted molar refractivity (Wildman–Crippen MR) is 67.0 cm³/mol. The van der Waals surface area contributed by atoms with Gasteiger partial charge < -0.3 is 0 Å². The highest BCUT2D eigenvalue weighted by molar-refractivity contribution is 6.23. The third-order valence-electron chi connectivity index (χ3n) is 4.22. The lowest BCUT2D eigenvalue weighted by molar-refractivity contribution is -0.162. The van der Waals surface area contributed by atoms with E-state index in [-0.39, 0.29) is 23.8 Å². The van der Waals surface area contributed by atoms with Crippen molar-refractivity contribution >= 4 is 17.5 Å². The van der Waals surface area contributed by atoms with Gasteiger partial charge in [-0.05, 0) is 25.0 Å². The van der Waals surface area contributed by atoms with E-state index in [0.29, 0.717) is 5.69 Å². The molecule has 5 nitrogen and oxygen atoms in total. The van der Waals surface area contributed by atoms with Gasteiger partial charge in [-0.2, -0.15) is 5.06 Å². The van der Waals surface area contributed by atoms with Crippen LogP contribution in [0.4, 0.5) is 5.69 Å². The lowest BCUT2D eigenvalue weighted by atomic mass is 9.96. The smallest absolute Gasteiger partial charge is 0.265 e. The first-order valence-corrected chi connectivity index (χ1v) is 6.63. The number of hydrogen-bond donors (Lipinski definition) is 0. The second-order valence-corrected chi connectivity index (χ2v) is 5.25. The Balaban J connectivity index is 1.71. The normalized spacial score (nSPS) is 33.9. The molecule has 0 bridgehead atoms. The van der Waals surface area contributed by atoms with Crippen molar-refractivity contribution in [3.63, 3.8) is 0 Å². The Kier molecular flexibility index (Phi) is 2.28. The molecular weight excluding hydrogens is 244 g/mol. The molecule has 0 spiro atoms. The Morgan fingerprint density at radius 2 is 1.89 bits per heavy atom. The van der Waals surface area contributed by atoms with Crippen LogP contribution in [-0.2, 0) is 14.4 Å². The van der Waals surface area contributed by atoms with E-state index in [9.17, 15) is 9.59 Å². The molecule has 4 rings (SSSR count). The van der Waals surface area contributed by atoms with Gasteiger partial charge in [-0.1, -0.05) is 18.2 Å². The number of rotatable bonds is 1. The molecular formula is C14H14N2O3. The maximum absolute atomic E-state index is 12.5. The number of carbonyl (C=O) groups is 2. The summed E-state index contributed by atoms with van der Waals surface area (Å²) in [5.41, 5.74) is 0.639. The monoisotopic (exact) mass is 258 g/mol. The van der Waals surface area contributed by atoms with E-state index in [2.05, 4.69) is 0 Å². The molecule has 98 valence electrons. The molecule has 0 saturated carbocycles. The fraction of sp³-hybridized carbons (Fsp3) is 0.429. The van der Waals surface area contributed by atoms with E-state index in [0.717, 1.165) is 19.4 Å². The minimum atomic E-state index is -0.613. The van der Waals surface area contributed by atoms with Crippen LogP contribution in [0.25, 0.3) is 0 Å². The number of anilines is 1. The van der Waals surface area contributed by atoms with Gasteiger partial charge in [-0.15, -0.1) is 0 Å². The van der Waals surface area contributed by atoms with Gasteiger partial charge in [0.1, 0.15) is 0 Å². The maximum Gasteiger partial charge on any atom is 0.265 e. The molecule has 0 unspecified atom stereocenters. The van der Waals surface area contributed by atoms with Crippen LogP contribution in [0.1, 0.15) is 12.8 Å². The number of hydrogen-bond acceptors (Lipinski definition) is 4. The van der Waals surface area contributed by atoms with Crippen molar-refractivity contribution < 1.29 is 14.4 Å². The van der Waals surface area contributed by atoms with Crippen LogP contribution in [0.3, 0.4) is 0 Å². The molecule has 1 aromatic carbocycles. The Labute approximate surface area is 110 Å². The SMILES string of the molecule is O=C1[C@H]2[C@H]3CCCN3O[C@H]2C(=O)N1c1ccccc1. The van der Waals surface area contributed by atoms with Crippen LogP contribution in [-0.4, -0.2) is 35.6 Å². The third-order valence-corrected chi connectivity index (χ3v) is 4.22. The molecule has 3 aliphatic heterocycles. The number of hydroxylamine groups is 2. The quantitative estimate of drug-likeness (QED) is 0.704. The Hall–Kier alpha value is -1.72. The van der Waals surface area contributed by atoms with Gasteiger partial charge in [0.2, 0.25) is 5.91 Å². The Bertz CT molecular complexity index is 545. The highest BCUT2D eigenvalue weighted by atomic mass is 16.7. The summed E-state index contributed by atoms with van der Waals surface area (Å²) in [4.78, 5) is 31.9. The van der Waals surface area contributed by atoms with E-state index in [1.54, 1.807) is 12.1 Å². The number of nitrogens with zero attached hydrogens (tertiary/aromatic N) is 2. The van der Waals surface area contributed by atoms with E-state index in [1.165, 1.54) is 4.90 Å². The number of benzene rings is 1. The molecule has 2 amide bonds. The van der Waals surface area contributed by atoms with Crippen molar-refractivity contribution in [3.05, 3.63) is 30.3 Å². The molecule has 0 aliphatic carbocycles. The minimum Gasteiger partial charge on any atom is -0.284 e. The molecule has 0 radical (unpaired) electrons. The molecule has 3 saturated heterocycles. The van der Waals surface area contributed by atoms with E-state index in [1.807, 2.05) is 23.3 Å². The van der Waals surface area contributed by atoms with Crippen LogP contribution in [0.15, 0.2) is 30.3 Å². The largest absolute Gasteiger partial charge is 0.284 e. The van der Waals surface area contributed by atoms with Crippen LogP contribution < -0.4 is 4.90 Å². The summed E-state index contributed by atoms with van der Waals surface area (Å²) in [5, 5.41) is 1.83. The second-order valence-electron chi connectivity index (χ2n) is 5.25. The van der Waals surface area contributed by atoms with Crippen LogP contribution >= 0.6 is 0 Å². The maximum atomic E-state index is 12.5. The summed E-state index contributed by atoms with van der Waals surface area (Å²) in [6.07, 6.45) is 1.35. The molecule has 5 heteroatoms. The first-order valence-electron chi connectivity index (χ1n) is 6.63. The topological polar surface area (TPSA) is 49.9 Å². The number of imide groups is 1. The fourth-order valence-electron chi connectivity index (χ4n) is 3.38. The molecule has 3 heterocycles. The average Bonchev–Trinajstić information content (AvgIpc) is 3.04. The lowest BCUT2D eigenvalue weighted by Gasteiger charge is -2.20. The van der Waals surface area contributed by atoms with Crippen LogP contribution in [0.2, 0.25) is 0 Å². The highest BCUT2D eigenvalue weighted by Gasteiger charge is 2.60. The number of carbonyl (C=O) groups excluding carboxylic acids is 2. The summed E-state index contributed by atoms with van der Waals surface area (Å²) in [6.45, 7) is 0.823. The van der Waals surface area contributed by atoms with Crippen molar-refractivity contribution in [2.45, 2.75) is 25.0 Å². The standard InChI is InChI=1S/C14H14N2O3/c17-13-11-10-7-4-8-15(10)19-12(11)14(18)16(13)9-5-2-1-3-6-9/h1-3,5-6,10-12H,4,7-8H2/t10-,11+,12-/m1/s1. The highest BCUT2D eigenvalue weighted by Crippen LogP contribution is 2.41. The van der Waals surface area contributed by atoms with Gasteiger partial charge in [-0.3, -0.25) is 14.4 Å². The van der Waals surface area contributed by atoms with Gasteiger partial charge in [0.25, 0.3) is 5.91 Å². The molecule has 19 heavy (non-hydrogen) atoms. The van der Waals surface area contributed by atoms with Gasteiger partial charge in [0.15, 0.2) is 6.10 Å². The minimum absolute atomic E-state index is 0.0789. The van der Waals surface area contributed by atoms with Gasteiger partial charge >= 0.3 is 0 Å². The number of amides is 2. The Morgan fingerprint density at radius 1 is 1.11 bits per heavy atom. The van der Waals surface area contributed by atoms with Crippen LogP contribution in [0, 0.1) is 5.92 Å². The molecule has 0 N–H and O–H groups in total. The lowest BCUT2D eigenvalue weighted by Crippen LogP contribution is -2.37. The molecule has 3 aliphatic rings. The zero-order valence-electron chi connectivity index (χ0n) is 10.4. The first kappa shape index (κ1) is 11.1. The van der Waals surface area contributed by atoms with Gasteiger partial charge in [0, 0.05) is 6.54 Å². The molecule has 3 atom stereocenters. The summed E-state index contributed by atoms with van der Waals surface area (Å²) in [6, 6.07) is 9.16. The Morgan fingerprint density at radius 3 is 2.68 bits per heavy atom. The van der Waals surface area contributed by atoms with Crippen molar-refractivity contribution in [3.8, 4) is 0 Å². The van der Waals surface area contributed by atoms with Crippen LogP contribution in [0.5, 0.6) is 0 Å². The van der Waals surface area contributed by atoms with Crippen molar-refractivity contribution in [2.24, 2.45) is 5.92 Å². The molecule has 3 fully saturated rings. The summed E-state index contributed by atoms with van der Waals surface area (Å²) < 4.78 is 0. The van der Waals surface area contributed by atoms with E-state index in [4.69, 9.17) is 4.84 Å². The van der Waals surface area contributed by atoms with E-state index < -0.39 is 6.10 Å². The molecule has 1 aromatic rings. The predicted octanol–water partition coefficient (Wildman–Crippen LogP) is 0.954. The zero-order chi connectivity index (χ0) is 13.0. The van der Waals surface area contributed by atoms with Gasteiger partial charge in [-0.25, -0.2) is 4.90 Å². The van der Waals surface area contributed by atoms with Crippen molar-refractivity contribution in [2.75, 3.05) is 11.4 Å². The number of fused-ring (bicyclic) bond motifs is 3. The second kappa shape index (κ2) is 3.88. The molecule has 0 aromatic heterocycles. The summed E-state index contributed by atoms with van der Waals surface area (Å²) in [5.74, 6) is -0.665. The number of para-hydroxylation sites is 1. The summed E-state index contributed by atoms with van der Waals surface area (Å²) in [7, 11) is 0. The summed E-state index contributed by atoms with van der Waals surface area (Å²) >= 11 is 0. The zero-order valence-corrected chi connectivity index (χ0v) is 10.4. The van der Waals surface area contributed by atoms with Crippen molar-refractivity contribution in [1.29, 1.82) is 0 Å². The first-order chi connectivity index (χ1) is 9.27. The van der Waals surface area contributed by atoms with E-state index >= 15 is 0 Å². The average molecular weight is 258 g/mol. The third kappa shape index (κ3) is 1.42.